The Labute approximate surface area is 48.8 Å². The van der Waals surface area contributed by atoms with E-state index in [1.54, 1.807) is 0 Å². The van der Waals surface area contributed by atoms with Crippen molar-refractivity contribution < 1.29 is 4.57 Å². The van der Waals surface area contributed by atoms with Gasteiger partial charge < -0.3 is 0 Å². The second kappa shape index (κ2) is 2.11. The molecule has 40 valence electrons. The molecular weight excluding hydrogens is 130 g/mol. The average molecular weight is 138 g/mol. The lowest BCUT2D eigenvalue weighted by atomic mass is 10.4. The Kier molecular flexibility index (Phi) is 1.66. The van der Waals surface area contributed by atoms with Crippen LogP contribution in [0.5, 0.6) is 0 Å². The topological polar surface area (TPSA) is 17.1 Å². The molecule has 1 aliphatic heterocycles. The van der Waals surface area contributed by atoms with E-state index in [1.165, 1.54) is 0 Å². The molecule has 1 nitrogen and oxygen atoms in total. The fraction of sp³-hybridized carbons (Fsp3) is 1.00. The van der Waals surface area contributed by atoms with Crippen molar-refractivity contribution in [3.8, 4) is 0 Å². The van der Waals surface area contributed by atoms with Crippen LogP contribution in [0.3, 0.4) is 0 Å². The van der Waals surface area contributed by atoms with Crippen LogP contribution in [0.15, 0.2) is 0 Å². The summed E-state index contributed by atoms with van der Waals surface area (Å²) in [5.41, 5.74) is 0. The van der Waals surface area contributed by atoms with E-state index in [0.29, 0.717) is 0 Å². The molecule has 1 heterocycles. The zero-order valence-electron chi connectivity index (χ0n) is 3.93. The van der Waals surface area contributed by atoms with E-state index in [-0.39, 0.29) is 5.12 Å². The molecule has 0 saturated carbocycles. The largest absolute Gasteiger partial charge is 0.357 e. The van der Waals surface area contributed by atoms with Crippen molar-refractivity contribution in [2.45, 2.75) is 18.0 Å². The smallest absolute Gasteiger partial charge is 0.0731 e. The Hall–Kier alpha value is 0.390. The van der Waals surface area contributed by atoms with Gasteiger partial charge in [-0.2, -0.15) is 0 Å². The van der Waals surface area contributed by atoms with Gasteiger partial charge in [-0.3, -0.25) is 0 Å². The molecule has 3 heteroatoms. The predicted octanol–water partition coefficient (Wildman–Crippen LogP) is 2.17. The lowest BCUT2D eigenvalue weighted by Gasteiger charge is -1.76. The fourth-order valence-corrected chi connectivity index (χ4v) is 2.39. The molecule has 0 aromatic rings. The first-order valence-corrected chi connectivity index (χ1v) is 4.33. The summed E-state index contributed by atoms with van der Waals surface area (Å²) in [6.07, 6.45) is 2.86. The molecule has 1 fully saturated rings. The van der Waals surface area contributed by atoms with E-state index in [1.807, 2.05) is 0 Å². The van der Waals surface area contributed by atoms with Crippen LogP contribution in [0.1, 0.15) is 12.8 Å². The van der Waals surface area contributed by atoms with Gasteiger partial charge in [-0.05, 0) is 6.42 Å². The van der Waals surface area contributed by atoms with Gasteiger partial charge in [0.15, 0.2) is 0 Å². The van der Waals surface area contributed by atoms with Crippen molar-refractivity contribution >= 4 is 19.4 Å². The molecule has 1 saturated heterocycles. The summed E-state index contributed by atoms with van der Waals surface area (Å²) in [5.74, 6) is 0. The van der Waals surface area contributed by atoms with Gasteiger partial charge in [0.2, 0.25) is 5.12 Å². The molecule has 7 heavy (non-hydrogen) atoms. The standard InChI is InChI=1S/C4H7ClOP/c5-4-2-1-3-7(4)6/h4H,1-3H2/q+1. The third-order valence-electron chi connectivity index (χ3n) is 1.13. The van der Waals surface area contributed by atoms with E-state index >= 15 is 0 Å². The zero-order valence-corrected chi connectivity index (χ0v) is 5.58. The fourth-order valence-electron chi connectivity index (χ4n) is 0.700. The first kappa shape index (κ1) is 5.53. The normalized spacial score (nSPS) is 36.7. The summed E-state index contributed by atoms with van der Waals surface area (Å²) in [4.78, 5) is 0. The second-order valence-corrected chi connectivity index (χ2v) is 4.45. The Morgan fingerprint density at radius 3 is 2.57 bits per heavy atom. The molecule has 0 bridgehead atoms. The Morgan fingerprint density at radius 2 is 2.43 bits per heavy atom. The lowest BCUT2D eigenvalue weighted by Crippen LogP contribution is -1.77. The Bertz CT molecular complexity index is 93.7. The molecule has 0 aromatic carbocycles. The van der Waals surface area contributed by atoms with Crippen LogP contribution in [-0.2, 0) is 4.57 Å². The minimum Gasteiger partial charge on any atom is -0.0731 e. The van der Waals surface area contributed by atoms with Crippen LogP contribution in [0.2, 0.25) is 0 Å². The third kappa shape index (κ3) is 1.14. The molecule has 0 aromatic heterocycles. The Balaban J connectivity index is 2.48. The quantitative estimate of drug-likeness (QED) is 0.369. The molecule has 0 aliphatic carbocycles. The first-order valence-electron chi connectivity index (χ1n) is 2.38. The first-order chi connectivity index (χ1) is 3.30. The van der Waals surface area contributed by atoms with Crippen LogP contribution < -0.4 is 0 Å². The highest BCUT2D eigenvalue weighted by Gasteiger charge is 2.33. The van der Waals surface area contributed by atoms with E-state index < -0.39 is 7.80 Å². The van der Waals surface area contributed by atoms with E-state index in [9.17, 15) is 4.57 Å². The van der Waals surface area contributed by atoms with E-state index in [0.717, 1.165) is 19.0 Å². The van der Waals surface area contributed by atoms with Gasteiger partial charge in [-0.25, -0.2) is 0 Å². The molecule has 1 aliphatic rings. The summed E-state index contributed by atoms with van der Waals surface area (Å²) in [5, 5.41) is -0.00463. The summed E-state index contributed by atoms with van der Waals surface area (Å²) in [6, 6.07) is 0. The molecule has 1 rings (SSSR count). The van der Waals surface area contributed by atoms with Crippen LogP contribution in [-0.4, -0.2) is 11.3 Å². The maximum Gasteiger partial charge on any atom is 0.357 e. The number of alkyl halides is 1. The maximum atomic E-state index is 10.6. The number of halogens is 1. The van der Waals surface area contributed by atoms with Crippen LogP contribution in [0.4, 0.5) is 0 Å². The van der Waals surface area contributed by atoms with Crippen LogP contribution in [0.25, 0.3) is 0 Å². The lowest BCUT2D eigenvalue weighted by molar-refractivity contribution is 0.590. The number of hydrogen-bond donors (Lipinski definition) is 0. The van der Waals surface area contributed by atoms with Crippen molar-refractivity contribution in [3.63, 3.8) is 0 Å². The minimum atomic E-state index is -1.01. The molecule has 0 radical (unpaired) electrons. The van der Waals surface area contributed by atoms with Crippen molar-refractivity contribution in [1.82, 2.24) is 0 Å². The minimum absolute atomic E-state index is 0.00463. The molecular formula is C4H7ClOP+. The summed E-state index contributed by atoms with van der Waals surface area (Å²) < 4.78 is 10.6. The Morgan fingerprint density at radius 1 is 1.71 bits per heavy atom. The highest BCUT2D eigenvalue weighted by atomic mass is 35.5. The third-order valence-corrected chi connectivity index (χ3v) is 3.64. The van der Waals surface area contributed by atoms with Gasteiger partial charge in [-0.1, -0.05) is 16.2 Å². The van der Waals surface area contributed by atoms with Crippen molar-refractivity contribution in [1.29, 1.82) is 0 Å². The molecule has 0 N–H and O–H groups in total. The van der Waals surface area contributed by atoms with Gasteiger partial charge in [0.05, 0.1) is 0 Å². The van der Waals surface area contributed by atoms with Crippen LogP contribution in [0, 0.1) is 0 Å². The predicted molar refractivity (Wildman–Crippen MR) is 31.3 cm³/mol. The summed E-state index contributed by atoms with van der Waals surface area (Å²) in [6.45, 7) is 0. The van der Waals surface area contributed by atoms with Gasteiger partial charge in [-0.15, -0.1) is 0 Å². The SMILES string of the molecule is O=[P+]1CCCC1Cl. The van der Waals surface area contributed by atoms with Gasteiger partial charge in [0.1, 0.15) is 6.16 Å². The van der Waals surface area contributed by atoms with E-state index in [4.69, 9.17) is 11.6 Å². The highest BCUT2D eigenvalue weighted by Crippen LogP contribution is 2.41. The maximum absolute atomic E-state index is 10.6. The summed E-state index contributed by atoms with van der Waals surface area (Å²) >= 11 is 5.58. The van der Waals surface area contributed by atoms with Crippen LogP contribution >= 0.6 is 19.4 Å². The van der Waals surface area contributed by atoms with Crippen molar-refractivity contribution in [2.75, 3.05) is 6.16 Å². The average Bonchev–Trinajstić information content (AvgIpc) is 1.91. The zero-order chi connectivity index (χ0) is 5.28. The monoisotopic (exact) mass is 137 g/mol. The number of hydrogen-bond acceptors (Lipinski definition) is 1. The van der Waals surface area contributed by atoms with Gasteiger partial charge >= 0.3 is 7.80 Å². The highest BCUT2D eigenvalue weighted by molar-refractivity contribution is 7.48. The number of rotatable bonds is 0. The summed E-state index contributed by atoms with van der Waals surface area (Å²) in [7, 11) is -1.01. The van der Waals surface area contributed by atoms with Gasteiger partial charge in [0, 0.05) is 6.42 Å². The van der Waals surface area contributed by atoms with Crippen molar-refractivity contribution in [3.05, 3.63) is 0 Å². The molecule has 2 unspecified atom stereocenters. The molecule has 0 spiro atoms. The molecule has 2 atom stereocenters. The van der Waals surface area contributed by atoms with Crippen molar-refractivity contribution in [2.24, 2.45) is 0 Å². The second-order valence-electron chi connectivity index (χ2n) is 1.72. The van der Waals surface area contributed by atoms with E-state index in [2.05, 4.69) is 0 Å². The van der Waals surface area contributed by atoms with Gasteiger partial charge in [0.25, 0.3) is 0 Å². The molecule has 0 amide bonds.